The van der Waals surface area contributed by atoms with Crippen molar-refractivity contribution in [1.29, 1.82) is 0 Å². The van der Waals surface area contributed by atoms with Gasteiger partial charge in [0.1, 0.15) is 12.6 Å². The topological polar surface area (TPSA) is 102 Å². The molecule has 59 heavy (non-hydrogen) atoms. The van der Waals surface area contributed by atoms with Crippen LogP contribution in [0.1, 0.15) is 194 Å². The van der Waals surface area contributed by atoms with E-state index in [-0.39, 0.29) is 42.7 Å². The van der Waals surface area contributed by atoms with Gasteiger partial charge in [0.15, 0.2) is 6.10 Å². The number of carboxylic acid groups (broad SMARTS) is 1. The molecule has 0 amide bonds. The van der Waals surface area contributed by atoms with Gasteiger partial charge in [-0.25, -0.2) is 0 Å². The Bertz CT molecular complexity index is 1150. The van der Waals surface area contributed by atoms with Crippen LogP contribution in [0.2, 0.25) is 0 Å². The third kappa shape index (κ3) is 40.2. The normalized spacial score (nSPS) is 13.4. The average Bonchev–Trinajstić information content (AvgIpc) is 3.19. The number of hydrogen-bond acceptors (Lipinski definition) is 7. The van der Waals surface area contributed by atoms with Crippen LogP contribution in [0.15, 0.2) is 60.8 Å². The maximum atomic E-state index is 12.7. The smallest absolute Gasteiger partial charge is 0.306 e. The highest BCUT2D eigenvalue weighted by Crippen LogP contribution is 2.14. The predicted molar refractivity (Wildman–Crippen MR) is 245 cm³/mol. The van der Waals surface area contributed by atoms with Gasteiger partial charge < -0.3 is 28.6 Å². The van der Waals surface area contributed by atoms with E-state index in [4.69, 9.17) is 14.2 Å². The van der Waals surface area contributed by atoms with Crippen LogP contribution in [0, 0.1) is 0 Å². The molecule has 0 N–H and O–H groups in total. The number of unbranched alkanes of at least 4 members (excludes halogenated alkanes) is 18. The summed E-state index contributed by atoms with van der Waals surface area (Å²) in [6.07, 6.45) is 51.0. The summed E-state index contributed by atoms with van der Waals surface area (Å²) in [5.74, 6) is -1.76. The second-order valence-corrected chi connectivity index (χ2v) is 17.0. The van der Waals surface area contributed by atoms with Crippen molar-refractivity contribution in [2.75, 3.05) is 41.0 Å². The molecule has 340 valence electrons. The molecule has 0 saturated heterocycles. The Morgan fingerprint density at radius 3 is 1.42 bits per heavy atom. The summed E-state index contributed by atoms with van der Waals surface area (Å²) >= 11 is 0. The van der Waals surface area contributed by atoms with Crippen molar-refractivity contribution < 1.29 is 38.2 Å². The molecule has 0 rings (SSSR count). The number of carbonyl (C=O) groups is 3. The number of hydrogen-bond donors (Lipinski definition) is 0. The first-order valence-corrected chi connectivity index (χ1v) is 23.8. The van der Waals surface area contributed by atoms with Gasteiger partial charge in [0.25, 0.3) is 0 Å². The van der Waals surface area contributed by atoms with E-state index in [1.807, 2.05) is 0 Å². The summed E-state index contributed by atoms with van der Waals surface area (Å²) < 4.78 is 17.2. The first-order chi connectivity index (χ1) is 28.6. The Labute approximate surface area is 362 Å². The first kappa shape index (κ1) is 56.0. The number of nitrogens with zero attached hydrogens (tertiary/aromatic N) is 1. The van der Waals surface area contributed by atoms with Gasteiger partial charge >= 0.3 is 11.9 Å². The number of ether oxygens (including phenoxy) is 3. The van der Waals surface area contributed by atoms with Gasteiger partial charge in [0.05, 0.1) is 40.3 Å². The maximum absolute atomic E-state index is 12.7. The molecule has 0 bridgehead atoms. The maximum Gasteiger partial charge on any atom is 0.306 e. The molecule has 8 heteroatoms. The lowest BCUT2D eigenvalue weighted by Crippen LogP contribution is -2.55. The van der Waals surface area contributed by atoms with Crippen molar-refractivity contribution in [3.8, 4) is 0 Å². The highest BCUT2D eigenvalue weighted by Gasteiger charge is 2.25. The molecule has 0 aromatic carbocycles. The zero-order valence-electron chi connectivity index (χ0n) is 38.7. The second-order valence-electron chi connectivity index (χ2n) is 17.0. The zero-order chi connectivity index (χ0) is 43.5. The number of carboxylic acids is 1. The molecular formula is C51H89NO7. The number of carbonyl (C=O) groups excluding carboxylic acids is 3. The van der Waals surface area contributed by atoms with E-state index >= 15 is 0 Å². The fourth-order valence-electron chi connectivity index (χ4n) is 6.70. The third-order valence-electron chi connectivity index (χ3n) is 10.4. The minimum Gasteiger partial charge on any atom is -0.544 e. The van der Waals surface area contributed by atoms with E-state index in [1.165, 1.54) is 89.9 Å². The molecule has 0 saturated carbocycles. The Balaban J connectivity index is 4.31. The number of likely N-dealkylation sites (N-methyl/N-ethyl adjacent to an activating group) is 1. The fourth-order valence-corrected chi connectivity index (χ4v) is 6.70. The van der Waals surface area contributed by atoms with Crippen LogP contribution in [-0.2, 0) is 28.6 Å². The minimum atomic E-state index is -1.13. The minimum absolute atomic E-state index is 0.0340. The number of allylic oxidation sites excluding steroid dienone is 10. The monoisotopic (exact) mass is 828 g/mol. The van der Waals surface area contributed by atoms with Crippen molar-refractivity contribution in [3.63, 3.8) is 0 Å². The Morgan fingerprint density at radius 2 is 0.949 bits per heavy atom. The fraction of sp³-hybridized carbons (Fsp3) is 0.745. The molecule has 0 aromatic rings. The number of rotatable bonds is 42. The quantitative estimate of drug-likeness (QED) is 0.0261. The zero-order valence-corrected chi connectivity index (χ0v) is 38.7. The van der Waals surface area contributed by atoms with Crippen LogP contribution in [0.3, 0.4) is 0 Å². The second kappa shape index (κ2) is 41.8. The van der Waals surface area contributed by atoms with E-state index in [2.05, 4.69) is 74.6 Å². The van der Waals surface area contributed by atoms with Crippen molar-refractivity contribution >= 4 is 17.9 Å². The molecule has 0 fully saturated rings. The van der Waals surface area contributed by atoms with Crippen LogP contribution in [0.4, 0.5) is 0 Å². The lowest BCUT2D eigenvalue weighted by atomic mass is 10.1. The molecule has 0 aliphatic carbocycles. The SMILES string of the molecule is CC/C=C/C/C=C/C/C=C/C/C=C/CCCCCCCCCC(=O)OCC(COCCC(C(=O)[O-])[N+](C)(C)C)OC(=O)CCCCCCCCC/C=C/CCCCCC. The summed E-state index contributed by atoms with van der Waals surface area (Å²) in [5.41, 5.74) is 0. The van der Waals surface area contributed by atoms with Gasteiger partial charge in [0.2, 0.25) is 0 Å². The summed E-state index contributed by atoms with van der Waals surface area (Å²) in [7, 11) is 5.40. The first-order valence-electron chi connectivity index (χ1n) is 23.8. The summed E-state index contributed by atoms with van der Waals surface area (Å²) in [4.78, 5) is 36.9. The van der Waals surface area contributed by atoms with E-state index in [1.54, 1.807) is 21.1 Å². The van der Waals surface area contributed by atoms with Crippen molar-refractivity contribution in [2.45, 2.75) is 206 Å². The van der Waals surface area contributed by atoms with Crippen LogP contribution in [0.5, 0.6) is 0 Å². The van der Waals surface area contributed by atoms with Gasteiger partial charge in [-0.15, -0.1) is 0 Å². The molecule has 0 radical (unpaired) electrons. The van der Waals surface area contributed by atoms with Crippen LogP contribution >= 0.6 is 0 Å². The van der Waals surface area contributed by atoms with E-state index < -0.39 is 18.1 Å². The standard InChI is InChI=1S/C51H89NO7/c1-6-8-10-12-14-16-18-20-22-23-24-25-26-28-29-31-33-35-37-39-41-49(53)58-46-47(45-57-44-43-48(51(55)56)52(3,4)5)59-50(54)42-40-38-36-34-32-30-27-21-19-17-15-13-11-9-7-2/h8,10,14,16-17,19-20,22,24-25,47-48H,6-7,9,11-13,15,18,21,23,26-46H2,1-5H3/b10-8+,16-14+,19-17+,22-20+,25-24+. The molecule has 0 spiro atoms. The van der Waals surface area contributed by atoms with Crippen molar-refractivity contribution in [1.82, 2.24) is 0 Å². The molecule has 2 unspecified atom stereocenters. The predicted octanol–water partition coefficient (Wildman–Crippen LogP) is 12.0. The van der Waals surface area contributed by atoms with Crippen LogP contribution < -0.4 is 5.11 Å². The summed E-state index contributed by atoms with van der Waals surface area (Å²) in [6.45, 7) is 4.52. The third-order valence-corrected chi connectivity index (χ3v) is 10.4. The van der Waals surface area contributed by atoms with E-state index in [0.717, 1.165) is 70.6 Å². The number of aliphatic carboxylic acids is 1. The molecule has 8 nitrogen and oxygen atoms in total. The van der Waals surface area contributed by atoms with E-state index in [9.17, 15) is 19.5 Å². The highest BCUT2D eigenvalue weighted by atomic mass is 16.6. The van der Waals surface area contributed by atoms with Gasteiger partial charge in [0, 0.05) is 19.3 Å². The van der Waals surface area contributed by atoms with Crippen LogP contribution in [0.25, 0.3) is 0 Å². The Kier molecular flexibility index (Phi) is 39.6. The van der Waals surface area contributed by atoms with E-state index in [0.29, 0.717) is 12.8 Å². The van der Waals surface area contributed by atoms with Gasteiger partial charge in [-0.05, 0) is 77.0 Å². The molecule has 0 aliphatic rings. The highest BCUT2D eigenvalue weighted by molar-refractivity contribution is 5.70. The molecule has 0 aromatic heterocycles. The van der Waals surface area contributed by atoms with Crippen LogP contribution in [-0.4, -0.2) is 75.5 Å². The molecule has 0 heterocycles. The Hall–Kier alpha value is -2.97. The summed E-state index contributed by atoms with van der Waals surface area (Å²) in [6, 6.07) is -0.730. The largest absolute Gasteiger partial charge is 0.544 e. The number of esters is 2. The molecular weight excluding hydrogens is 739 g/mol. The van der Waals surface area contributed by atoms with Crippen molar-refractivity contribution in [2.24, 2.45) is 0 Å². The lowest BCUT2D eigenvalue weighted by molar-refractivity contribution is -0.889. The lowest BCUT2D eigenvalue weighted by Gasteiger charge is -2.34. The average molecular weight is 828 g/mol. The number of quaternary nitrogens is 1. The van der Waals surface area contributed by atoms with Gasteiger partial charge in [-0.1, -0.05) is 158 Å². The summed E-state index contributed by atoms with van der Waals surface area (Å²) in [5, 5.41) is 11.6. The molecule has 2 atom stereocenters. The molecule has 0 aliphatic heterocycles. The van der Waals surface area contributed by atoms with Crippen molar-refractivity contribution in [3.05, 3.63) is 60.8 Å². The van der Waals surface area contributed by atoms with Gasteiger partial charge in [-0.2, -0.15) is 0 Å². The Morgan fingerprint density at radius 1 is 0.525 bits per heavy atom. The van der Waals surface area contributed by atoms with Gasteiger partial charge in [-0.3, -0.25) is 9.59 Å².